The van der Waals surface area contributed by atoms with E-state index < -0.39 is 40.1 Å². The molecule has 0 saturated heterocycles. The summed E-state index contributed by atoms with van der Waals surface area (Å²) in [4.78, 5) is 31.8. The number of carboxylic acid groups (broad SMARTS) is 1. The van der Waals surface area contributed by atoms with Crippen LogP contribution in [-0.2, 0) is 21.1 Å². The van der Waals surface area contributed by atoms with E-state index in [4.69, 9.17) is 27.9 Å². The van der Waals surface area contributed by atoms with Gasteiger partial charge in [0.1, 0.15) is 23.5 Å². The molecular formula is C27H34Cl2N6O6S. The summed E-state index contributed by atoms with van der Waals surface area (Å²) in [6.45, 7) is 5.06. The predicted octanol–water partition coefficient (Wildman–Crippen LogP) is 3.43. The third-order valence-electron chi connectivity index (χ3n) is 6.26. The number of hydrogen-bond acceptors (Lipinski definition) is 10. The van der Waals surface area contributed by atoms with Crippen LogP contribution in [-0.4, -0.2) is 92.0 Å². The van der Waals surface area contributed by atoms with E-state index in [0.717, 1.165) is 0 Å². The molecule has 1 aliphatic heterocycles. The van der Waals surface area contributed by atoms with Crippen molar-refractivity contribution in [2.45, 2.75) is 37.5 Å². The van der Waals surface area contributed by atoms with Crippen molar-refractivity contribution in [3.63, 3.8) is 0 Å². The summed E-state index contributed by atoms with van der Waals surface area (Å²) in [7, 11) is -0.774. The van der Waals surface area contributed by atoms with Crippen molar-refractivity contribution in [1.82, 2.24) is 25.6 Å². The Labute approximate surface area is 255 Å². The molecular weight excluding hydrogens is 607 g/mol. The minimum atomic E-state index is -3.90. The van der Waals surface area contributed by atoms with E-state index in [2.05, 4.69) is 15.7 Å². The number of aliphatic imine (C=N–C) groups is 1. The van der Waals surface area contributed by atoms with E-state index in [-0.39, 0.29) is 21.4 Å². The lowest BCUT2D eigenvalue weighted by Gasteiger charge is -2.40. The topological polar surface area (TPSA) is 144 Å². The zero-order valence-corrected chi connectivity index (χ0v) is 25.9. The van der Waals surface area contributed by atoms with Gasteiger partial charge < -0.3 is 20.1 Å². The lowest BCUT2D eigenvalue weighted by Crippen LogP contribution is -2.58. The Balaban J connectivity index is 1.82. The molecule has 3 rings (SSSR count). The Morgan fingerprint density at radius 1 is 1.10 bits per heavy atom. The third kappa shape index (κ3) is 8.82. The number of ether oxygens (including phenoxy) is 1. The van der Waals surface area contributed by atoms with Gasteiger partial charge in [-0.3, -0.25) is 14.9 Å². The van der Waals surface area contributed by atoms with E-state index in [1.807, 2.05) is 18.7 Å². The van der Waals surface area contributed by atoms with Crippen molar-refractivity contribution in [3.05, 3.63) is 70.0 Å². The molecule has 0 radical (unpaired) electrons. The van der Waals surface area contributed by atoms with Gasteiger partial charge in [-0.1, -0.05) is 49.2 Å². The largest absolute Gasteiger partial charge is 0.480 e. The summed E-state index contributed by atoms with van der Waals surface area (Å²) in [5, 5.41) is 14.9. The fourth-order valence-corrected chi connectivity index (χ4v) is 5.74. The van der Waals surface area contributed by atoms with Crippen LogP contribution >= 0.6 is 23.2 Å². The number of halogens is 2. The molecule has 2 aromatic carbocycles. The summed E-state index contributed by atoms with van der Waals surface area (Å²) in [6.07, 6.45) is 1.99. The zero-order chi connectivity index (χ0) is 31.0. The molecule has 0 saturated carbocycles. The number of nitrogens with one attached hydrogen (secondary N) is 2. The van der Waals surface area contributed by atoms with Gasteiger partial charge >= 0.3 is 12.1 Å². The van der Waals surface area contributed by atoms with Crippen molar-refractivity contribution < 1.29 is 27.9 Å². The first-order valence-corrected chi connectivity index (χ1v) is 15.4. The summed E-state index contributed by atoms with van der Waals surface area (Å²) in [5.74, 6) is -1.03. The molecule has 1 amide bonds. The van der Waals surface area contributed by atoms with Crippen LogP contribution in [0.25, 0.3) is 0 Å². The predicted molar refractivity (Wildman–Crippen MR) is 161 cm³/mol. The number of carbonyl (C=O) groups is 2. The second-order valence-electron chi connectivity index (χ2n) is 9.46. The molecule has 15 heteroatoms. The van der Waals surface area contributed by atoms with E-state index in [1.54, 1.807) is 50.7 Å². The molecule has 2 atom stereocenters. The molecule has 0 aromatic heterocycles. The number of amides is 1. The highest BCUT2D eigenvalue weighted by Crippen LogP contribution is 2.24. The number of hydrazine groups is 1. The first-order chi connectivity index (χ1) is 19.8. The number of hydrogen-bond donors (Lipinski definition) is 3. The highest BCUT2D eigenvalue weighted by atomic mass is 35.5. The SMILES string of the molecule is CCN(CC)C1N=CC=C(NC(Cc2ccc(OC(=O)N(C)C)cc2)C(=O)O)N1NCS(=O)(=O)c1cc(Cl)cc(Cl)c1. The summed E-state index contributed by atoms with van der Waals surface area (Å²) < 4.78 is 31.6. The van der Waals surface area contributed by atoms with Gasteiger partial charge in [-0.05, 0) is 55.1 Å². The molecule has 228 valence electrons. The van der Waals surface area contributed by atoms with Crippen molar-refractivity contribution in [2.24, 2.45) is 4.99 Å². The van der Waals surface area contributed by atoms with Crippen molar-refractivity contribution >= 4 is 51.3 Å². The Bertz CT molecular complexity index is 1410. The van der Waals surface area contributed by atoms with Crippen LogP contribution in [0.4, 0.5) is 4.79 Å². The number of sulfone groups is 1. The molecule has 0 aliphatic carbocycles. The number of benzene rings is 2. The fourth-order valence-electron chi connectivity index (χ4n) is 4.00. The molecule has 1 heterocycles. The van der Waals surface area contributed by atoms with Gasteiger partial charge in [-0.2, -0.15) is 0 Å². The maximum Gasteiger partial charge on any atom is 0.414 e. The molecule has 0 fully saturated rings. The fraction of sp³-hybridized carbons (Fsp3) is 0.370. The molecule has 2 aromatic rings. The number of aliphatic carboxylic acids is 1. The first kappa shape index (κ1) is 33.1. The molecule has 3 N–H and O–H groups in total. The number of carboxylic acids is 1. The summed E-state index contributed by atoms with van der Waals surface area (Å²) in [5.41, 5.74) is 3.59. The quantitative estimate of drug-likeness (QED) is 0.298. The van der Waals surface area contributed by atoms with Gasteiger partial charge in [0, 0.05) is 36.8 Å². The highest BCUT2D eigenvalue weighted by Gasteiger charge is 2.31. The molecule has 0 bridgehead atoms. The third-order valence-corrected chi connectivity index (χ3v) is 8.15. The smallest absolute Gasteiger partial charge is 0.414 e. The van der Waals surface area contributed by atoms with Crippen LogP contribution in [0.5, 0.6) is 5.75 Å². The lowest BCUT2D eigenvalue weighted by atomic mass is 10.1. The number of nitrogens with zero attached hydrogens (tertiary/aromatic N) is 4. The highest BCUT2D eigenvalue weighted by molar-refractivity contribution is 7.91. The first-order valence-electron chi connectivity index (χ1n) is 13.0. The van der Waals surface area contributed by atoms with E-state index >= 15 is 0 Å². The van der Waals surface area contributed by atoms with Gasteiger partial charge in [-0.25, -0.2) is 23.4 Å². The molecule has 0 spiro atoms. The molecule has 2 unspecified atom stereocenters. The van der Waals surface area contributed by atoms with E-state index in [1.165, 1.54) is 28.1 Å². The van der Waals surface area contributed by atoms with E-state index in [0.29, 0.717) is 30.2 Å². The second kappa shape index (κ2) is 14.7. The van der Waals surface area contributed by atoms with Crippen LogP contribution < -0.4 is 15.5 Å². The maximum atomic E-state index is 13.2. The van der Waals surface area contributed by atoms with Gasteiger partial charge in [0.15, 0.2) is 16.1 Å². The summed E-state index contributed by atoms with van der Waals surface area (Å²) in [6, 6.07) is 9.47. The minimum Gasteiger partial charge on any atom is -0.480 e. The van der Waals surface area contributed by atoms with Crippen LogP contribution in [0, 0.1) is 0 Å². The minimum absolute atomic E-state index is 0.0611. The monoisotopic (exact) mass is 640 g/mol. The van der Waals surface area contributed by atoms with Gasteiger partial charge in [0.25, 0.3) is 0 Å². The normalized spacial score (nSPS) is 15.7. The van der Waals surface area contributed by atoms with Crippen molar-refractivity contribution in [1.29, 1.82) is 0 Å². The summed E-state index contributed by atoms with van der Waals surface area (Å²) >= 11 is 12.0. The zero-order valence-electron chi connectivity index (χ0n) is 23.6. The van der Waals surface area contributed by atoms with Crippen LogP contribution in [0.2, 0.25) is 10.0 Å². The van der Waals surface area contributed by atoms with Crippen LogP contribution in [0.15, 0.2) is 64.2 Å². The molecule has 42 heavy (non-hydrogen) atoms. The molecule has 12 nitrogen and oxygen atoms in total. The number of allylic oxidation sites excluding steroid dienone is 1. The Morgan fingerprint density at radius 2 is 1.71 bits per heavy atom. The average Bonchev–Trinajstić information content (AvgIpc) is 2.93. The standard InChI is InChI=1S/C27H34Cl2N6O6S/c1-5-34(6-2)26-30-12-11-24(35(26)31-17-42(39,40)22-15-19(28)14-20(29)16-22)32-23(25(36)37)13-18-7-9-21(10-8-18)41-27(38)33(3)4/h7-12,14-16,23,26,31-32H,5-6,13,17H2,1-4H3,(H,36,37). The number of rotatable bonds is 13. The number of carbonyl (C=O) groups excluding carboxylic acids is 1. The second-order valence-corrected chi connectivity index (χ2v) is 12.3. The Morgan fingerprint density at radius 3 is 2.26 bits per heavy atom. The van der Waals surface area contributed by atoms with Gasteiger partial charge in [0.05, 0.1) is 4.90 Å². The lowest BCUT2D eigenvalue weighted by molar-refractivity contribution is -0.139. The Kier molecular flexibility index (Phi) is 11.6. The average molecular weight is 642 g/mol. The van der Waals surface area contributed by atoms with E-state index in [9.17, 15) is 23.1 Å². The maximum absolute atomic E-state index is 13.2. The van der Waals surface area contributed by atoms with Gasteiger partial charge in [0.2, 0.25) is 0 Å². The Hall–Kier alpha value is -3.36. The van der Waals surface area contributed by atoms with Crippen LogP contribution in [0.3, 0.4) is 0 Å². The van der Waals surface area contributed by atoms with Crippen molar-refractivity contribution in [3.8, 4) is 5.75 Å². The molecule has 1 aliphatic rings. The van der Waals surface area contributed by atoms with Crippen LogP contribution in [0.1, 0.15) is 19.4 Å². The van der Waals surface area contributed by atoms with Crippen molar-refractivity contribution in [2.75, 3.05) is 33.1 Å². The van der Waals surface area contributed by atoms with Gasteiger partial charge in [-0.15, -0.1) is 0 Å².